The molecule has 0 atom stereocenters. The van der Waals surface area contributed by atoms with E-state index in [1.807, 2.05) is 11.3 Å². The van der Waals surface area contributed by atoms with Gasteiger partial charge >= 0.3 is 0 Å². The predicted molar refractivity (Wildman–Crippen MR) is 71.4 cm³/mol. The fraction of sp³-hybridized carbons (Fsp3) is 0.429. The van der Waals surface area contributed by atoms with E-state index in [0.29, 0.717) is 0 Å². The van der Waals surface area contributed by atoms with Crippen LogP contribution in [0.1, 0.15) is 29.9 Å². The molecule has 1 aromatic carbocycles. The number of hydrogen-bond donors (Lipinski definition) is 1. The van der Waals surface area contributed by atoms with Crippen molar-refractivity contribution in [2.45, 2.75) is 25.7 Å². The van der Waals surface area contributed by atoms with E-state index in [4.69, 9.17) is 0 Å². The van der Waals surface area contributed by atoms with Gasteiger partial charge in [0.05, 0.1) is 0 Å². The van der Waals surface area contributed by atoms with Gasteiger partial charge in [-0.3, -0.25) is 0 Å². The van der Waals surface area contributed by atoms with Crippen molar-refractivity contribution < 1.29 is 0 Å². The van der Waals surface area contributed by atoms with Crippen LogP contribution in [0.3, 0.4) is 0 Å². The first kappa shape index (κ1) is 10.3. The number of hydrogen-bond acceptors (Lipinski definition) is 2. The van der Waals surface area contributed by atoms with Gasteiger partial charge in [-0.15, -0.1) is 11.3 Å². The van der Waals surface area contributed by atoms with Crippen molar-refractivity contribution in [2.75, 3.05) is 13.1 Å². The van der Waals surface area contributed by atoms with Gasteiger partial charge in [0.15, 0.2) is 0 Å². The number of rotatable bonds is 1. The number of fused-ring (bicyclic) bond motifs is 1. The second-order valence-electron chi connectivity index (χ2n) is 4.71. The lowest BCUT2D eigenvalue weighted by Crippen LogP contribution is -2.26. The predicted octanol–water partition coefficient (Wildman–Crippen LogP) is 3.68. The van der Waals surface area contributed by atoms with E-state index in [1.54, 1.807) is 5.56 Å². The molecule has 1 saturated heterocycles. The van der Waals surface area contributed by atoms with Crippen molar-refractivity contribution in [3.8, 4) is 0 Å². The SMILES string of the molecule is Cc1ccc2c(C3CCNCC3)csc2c1. The molecule has 1 aliphatic heterocycles. The minimum Gasteiger partial charge on any atom is -0.317 e. The molecule has 84 valence electrons. The van der Waals surface area contributed by atoms with Crippen LogP contribution in [-0.4, -0.2) is 13.1 Å². The molecule has 16 heavy (non-hydrogen) atoms. The molecule has 0 radical (unpaired) electrons. The molecule has 2 heterocycles. The average Bonchev–Trinajstić information content (AvgIpc) is 2.73. The van der Waals surface area contributed by atoms with E-state index in [-0.39, 0.29) is 0 Å². The lowest BCUT2D eigenvalue weighted by atomic mass is 9.90. The van der Waals surface area contributed by atoms with Crippen LogP contribution >= 0.6 is 11.3 Å². The fourth-order valence-corrected chi connectivity index (χ4v) is 3.75. The average molecular weight is 231 g/mol. The molecule has 0 spiro atoms. The van der Waals surface area contributed by atoms with Crippen molar-refractivity contribution in [3.05, 3.63) is 34.7 Å². The zero-order valence-electron chi connectivity index (χ0n) is 9.62. The summed E-state index contributed by atoms with van der Waals surface area (Å²) >= 11 is 1.90. The number of thiophene rings is 1. The van der Waals surface area contributed by atoms with Gasteiger partial charge in [0.1, 0.15) is 0 Å². The number of nitrogens with one attached hydrogen (secondary N) is 1. The van der Waals surface area contributed by atoms with Crippen molar-refractivity contribution in [1.29, 1.82) is 0 Å². The van der Waals surface area contributed by atoms with Gasteiger partial charge in [0, 0.05) is 4.70 Å². The lowest BCUT2D eigenvalue weighted by Gasteiger charge is -2.22. The molecule has 1 aliphatic rings. The summed E-state index contributed by atoms with van der Waals surface area (Å²) in [5, 5.41) is 7.30. The van der Waals surface area contributed by atoms with Crippen LogP contribution in [0.2, 0.25) is 0 Å². The highest BCUT2D eigenvalue weighted by Crippen LogP contribution is 2.35. The van der Waals surface area contributed by atoms with Crippen LogP contribution < -0.4 is 5.32 Å². The molecule has 2 aromatic rings. The molecule has 1 aromatic heterocycles. The monoisotopic (exact) mass is 231 g/mol. The molecule has 1 nitrogen and oxygen atoms in total. The lowest BCUT2D eigenvalue weighted by molar-refractivity contribution is 0.463. The van der Waals surface area contributed by atoms with Gasteiger partial charge in [0.25, 0.3) is 0 Å². The van der Waals surface area contributed by atoms with E-state index in [9.17, 15) is 0 Å². The highest BCUT2D eigenvalue weighted by Gasteiger charge is 2.18. The Bertz CT molecular complexity index is 494. The quantitative estimate of drug-likeness (QED) is 0.789. The zero-order valence-corrected chi connectivity index (χ0v) is 10.4. The molecule has 2 heteroatoms. The fourth-order valence-electron chi connectivity index (χ4n) is 2.61. The van der Waals surface area contributed by atoms with Crippen LogP contribution in [-0.2, 0) is 0 Å². The first-order valence-electron chi connectivity index (χ1n) is 6.03. The Morgan fingerprint density at radius 3 is 2.88 bits per heavy atom. The van der Waals surface area contributed by atoms with Crippen molar-refractivity contribution >= 4 is 21.4 Å². The molecular formula is C14H17NS. The van der Waals surface area contributed by atoms with Gasteiger partial charge < -0.3 is 5.32 Å². The van der Waals surface area contributed by atoms with E-state index >= 15 is 0 Å². The molecule has 0 bridgehead atoms. The maximum absolute atomic E-state index is 3.44. The maximum Gasteiger partial charge on any atom is 0.0348 e. The first-order valence-corrected chi connectivity index (χ1v) is 6.91. The van der Waals surface area contributed by atoms with Gasteiger partial charge in [-0.25, -0.2) is 0 Å². The smallest absolute Gasteiger partial charge is 0.0348 e. The summed E-state index contributed by atoms with van der Waals surface area (Å²) in [6.45, 7) is 4.52. The number of piperidine rings is 1. The van der Waals surface area contributed by atoms with Crippen LogP contribution in [0.15, 0.2) is 23.6 Å². The molecule has 0 saturated carbocycles. The topological polar surface area (TPSA) is 12.0 Å². The van der Waals surface area contributed by atoms with Crippen LogP contribution in [0.25, 0.3) is 10.1 Å². The largest absolute Gasteiger partial charge is 0.317 e. The standard InChI is InChI=1S/C14H17NS/c1-10-2-3-12-13(9-16-14(12)8-10)11-4-6-15-7-5-11/h2-3,8-9,11,15H,4-7H2,1H3. The zero-order chi connectivity index (χ0) is 11.0. The Morgan fingerprint density at radius 2 is 2.06 bits per heavy atom. The molecule has 0 unspecified atom stereocenters. The Kier molecular flexibility index (Phi) is 2.70. The first-order chi connectivity index (χ1) is 7.84. The number of aryl methyl sites for hydroxylation is 1. The minimum absolute atomic E-state index is 0.776. The van der Waals surface area contributed by atoms with E-state index in [2.05, 4.69) is 35.8 Å². The highest BCUT2D eigenvalue weighted by atomic mass is 32.1. The number of benzene rings is 1. The molecule has 3 rings (SSSR count). The summed E-state index contributed by atoms with van der Waals surface area (Å²) in [5.74, 6) is 0.776. The Hall–Kier alpha value is -0.860. The Balaban J connectivity index is 2.03. The van der Waals surface area contributed by atoms with E-state index in [1.165, 1.54) is 41.6 Å². The Labute approximate surface area is 100 Å². The minimum atomic E-state index is 0.776. The van der Waals surface area contributed by atoms with Crippen molar-refractivity contribution in [2.24, 2.45) is 0 Å². The van der Waals surface area contributed by atoms with Gasteiger partial charge in [-0.05, 0) is 66.7 Å². The van der Waals surface area contributed by atoms with Gasteiger partial charge in [-0.2, -0.15) is 0 Å². The molecule has 1 N–H and O–H groups in total. The highest BCUT2D eigenvalue weighted by molar-refractivity contribution is 7.17. The Morgan fingerprint density at radius 1 is 1.25 bits per heavy atom. The van der Waals surface area contributed by atoms with Crippen molar-refractivity contribution in [3.63, 3.8) is 0 Å². The third kappa shape index (κ3) is 1.76. The summed E-state index contributed by atoms with van der Waals surface area (Å²) in [7, 11) is 0. The summed E-state index contributed by atoms with van der Waals surface area (Å²) in [5.41, 5.74) is 2.95. The summed E-state index contributed by atoms with van der Waals surface area (Å²) in [6, 6.07) is 6.85. The second kappa shape index (κ2) is 4.19. The van der Waals surface area contributed by atoms with Crippen LogP contribution in [0.5, 0.6) is 0 Å². The molecule has 1 fully saturated rings. The van der Waals surface area contributed by atoms with E-state index in [0.717, 1.165) is 5.92 Å². The summed E-state index contributed by atoms with van der Waals surface area (Å²) in [6.07, 6.45) is 2.58. The third-order valence-electron chi connectivity index (χ3n) is 3.54. The van der Waals surface area contributed by atoms with E-state index < -0.39 is 0 Å². The van der Waals surface area contributed by atoms with Gasteiger partial charge in [-0.1, -0.05) is 12.1 Å². The van der Waals surface area contributed by atoms with Gasteiger partial charge in [0.2, 0.25) is 0 Å². The van der Waals surface area contributed by atoms with Crippen LogP contribution in [0.4, 0.5) is 0 Å². The third-order valence-corrected chi connectivity index (χ3v) is 4.50. The second-order valence-corrected chi connectivity index (χ2v) is 5.63. The summed E-state index contributed by atoms with van der Waals surface area (Å²) in [4.78, 5) is 0. The maximum atomic E-state index is 3.44. The molecular weight excluding hydrogens is 214 g/mol. The normalized spacial score (nSPS) is 18.1. The summed E-state index contributed by atoms with van der Waals surface area (Å²) < 4.78 is 1.45. The van der Waals surface area contributed by atoms with Crippen LogP contribution in [0, 0.1) is 6.92 Å². The van der Waals surface area contributed by atoms with Crippen molar-refractivity contribution in [1.82, 2.24) is 5.32 Å². The molecule has 0 aliphatic carbocycles. The molecule has 0 amide bonds.